The summed E-state index contributed by atoms with van der Waals surface area (Å²) < 4.78 is 5.63. The highest BCUT2D eigenvalue weighted by Gasteiger charge is 2.36. The van der Waals surface area contributed by atoms with Gasteiger partial charge in [0.1, 0.15) is 11.6 Å². The van der Waals surface area contributed by atoms with Gasteiger partial charge in [-0.05, 0) is 50.9 Å². The standard InChI is InChI=1S/C30H43N5O3/c1-7-26-29(35(24-11-9-8-10-12-24)17-20(2)30(37)34(26)5)32-21(3)31-25-14-13-23(16-28(25)38-6)27(36)15-22-18-33(4)19-22/h7,13-14,16,20,22,24,31H,3,8-12,15,17-19H2,1-2,4-6H3/b26-7+,32-29+. The van der Waals surface area contributed by atoms with Crippen LogP contribution in [0, 0.1) is 11.8 Å². The second-order valence-electron chi connectivity index (χ2n) is 11.1. The van der Waals surface area contributed by atoms with E-state index in [2.05, 4.69) is 28.7 Å². The van der Waals surface area contributed by atoms with Gasteiger partial charge < -0.3 is 24.8 Å². The number of nitrogens with one attached hydrogen (secondary N) is 1. The number of ketones is 1. The summed E-state index contributed by atoms with van der Waals surface area (Å²) >= 11 is 0. The number of carbonyl (C=O) groups is 2. The largest absolute Gasteiger partial charge is 0.495 e. The maximum Gasteiger partial charge on any atom is 0.231 e. The number of hydrogen-bond donors (Lipinski definition) is 1. The van der Waals surface area contributed by atoms with Crippen LogP contribution in [0.4, 0.5) is 5.69 Å². The van der Waals surface area contributed by atoms with Crippen molar-refractivity contribution in [3.8, 4) is 5.75 Å². The number of amides is 1. The number of likely N-dealkylation sites (N-methyl/N-ethyl adjacent to an activating group) is 1. The van der Waals surface area contributed by atoms with Gasteiger partial charge in [0.2, 0.25) is 5.91 Å². The Labute approximate surface area is 227 Å². The van der Waals surface area contributed by atoms with Crippen molar-refractivity contribution in [1.29, 1.82) is 0 Å². The zero-order chi connectivity index (χ0) is 27.4. The molecule has 1 amide bonds. The fourth-order valence-electron chi connectivity index (χ4n) is 5.98. The SMILES string of the molecule is C=C(/N=C1\C(=C/C)N(C)C(=O)C(C)CN1C1CCCCC1)Nc1ccc(C(=O)CC2CN(C)C2)cc1OC. The summed E-state index contributed by atoms with van der Waals surface area (Å²) in [7, 11) is 5.49. The second-order valence-corrected chi connectivity index (χ2v) is 11.1. The molecular weight excluding hydrogens is 478 g/mol. The third-order valence-corrected chi connectivity index (χ3v) is 8.03. The molecule has 2 aliphatic heterocycles. The number of allylic oxidation sites excluding steroid dienone is 1. The Bertz CT molecular complexity index is 1110. The molecule has 8 nitrogen and oxygen atoms in total. The molecule has 1 aromatic carbocycles. The third-order valence-electron chi connectivity index (χ3n) is 8.03. The number of carbonyl (C=O) groups excluding carboxylic acids is 2. The highest BCUT2D eigenvalue weighted by Crippen LogP contribution is 2.31. The Morgan fingerprint density at radius 2 is 1.89 bits per heavy atom. The van der Waals surface area contributed by atoms with Gasteiger partial charge in [0.15, 0.2) is 11.6 Å². The van der Waals surface area contributed by atoms with E-state index in [0.717, 1.165) is 37.5 Å². The molecule has 4 rings (SSSR count). The van der Waals surface area contributed by atoms with Crippen molar-refractivity contribution < 1.29 is 14.3 Å². The number of likely N-dealkylation sites (tertiary alicyclic amines) is 1. The van der Waals surface area contributed by atoms with Crippen LogP contribution in [-0.4, -0.2) is 79.1 Å². The van der Waals surface area contributed by atoms with E-state index >= 15 is 0 Å². The average molecular weight is 522 g/mol. The summed E-state index contributed by atoms with van der Waals surface area (Å²) in [4.78, 5) is 37.1. The smallest absolute Gasteiger partial charge is 0.231 e. The number of amidine groups is 1. The zero-order valence-corrected chi connectivity index (χ0v) is 23.6. The fraction of sp³-hybridized carbons (Fsp3) is 0.567. The molecule has 38 heavy (non-hydrogen) atoms. The molecule has 0 radical (unpaired) electrons. The zero-order valence-electron chi connectivity index (χ0n) is 23.6. The van der Waals surface area contributed by atoms with Crippen LogP contribution >= 0.6 is 0 Å². The summed E-state index contributed by atoms with van der Waals surface area (Å²) in [6.45, 7) is 10.7. The molecule has 3 aliphatic rings. The first-order chi connectivity index (χ1) is 18.2. The lowest BCUT2D eigenvalue weighted by molar-refractivity contribution is -0.131. The Balaban J connectivity index is 1.57. The lowest BCUT2D eigenvalue weighted by atomic mass is 9.92. The molecule has 1 aliphatic carbocycles. The summed E-state index contributed by atoms with van der Waals surface area (Å²) in [6.07, 6.45) is 8.34. The predicted molar refractivity (Wildman–Crippen MR) is 152 cm³/mol. The number of benzene rings is 1. The minimum absolute atomic E-state index is 0.0955. The molecule has 0 spiro atoms. The molecule has 206 valence electrons. The average Bonchev–Trinajstić information content (AvgIpc) is 2.98. The lowest BCUT2D eigenvalue weighted by Gasteiger charge is -2.37. The van der Waals surface area contributed by atoms with Crippen molar-refractivity contribution in [2.75, 3.05) is 46.2 Å². The molecule has 1 aromatic rings. The number of aliphatic imine (C=N–C) groups is 1. The van der Waals surface area contributed by atoms with Crippen LogP contribution in [0.25, 0.3) is 0 Å². The molecule has 1 atom stereocenters. The topological polar surface area (TPSA) is 77.5 Å². The molecule has 3 fully saturated rings. The molecule has 0 bridgehead atoms. The van der Waals surface area contributed by atoms with Crippen molar-refractivity contribution in [2.45, 2.75) is 58.4 Å². The molecular formula is C30H43N5O3. The number of hydrogen-bond acceptors (Lipinski definition) is 6. The van der Waals surface area contributed by atoms with E-state index in [0.29, 0.717) is 47.7 Å². The second kappa shape index (κ2) is 12.2. The van der Waals surface area contributed by atoms with Crippen molar-refractivity contribution in [2.24, 2.45) is 16.8 Å². The van der Waals surface area contributed by atoms with Crippen LogP contribution in [0.1, 0.15) is 62.7 Å². The number of Topliss-reactive ketones (excluding diaryl/α,β-unsaturated/α-hetero) is 1. The van der Waals surface area contributed by atoms with Crippen LogP contribution in [0.5, 0.6) is 5.75 Å². The number of ether oxygens (including phenoxy) is 1. The number of anilines is 1. The van der Waals surface area contributed by atoms with Crippen LogP contribution in [0.15, 0.2) is 47.4 Å². The summed E-state index contributed by atoms with van der Waals surface area (Å²) in [5.41, 5.74) is 2.14. The number of methoxy groups -OCH3 is 1. The van der Waals surface area contributed by atoms with Crippen molar-refractivity contribution in [1.82, 2.24) is 14.7 Å². The molecule has 1 unspecified atom stereocenters. The van der Waals surface area contributed by atoms with E-state index in [9.17, 15) is 9.59 Å². The van der Waals surface area contributed by atoms with Gasteiger partial charge in [-0.2, -0.15) is 0 Å². The number of rotatable bonds is 8. The van der Waals surface area contributed by atoms with E-state index in [1.807, 2.05) is 39.1 Å². The molecule has 2 saturated heterocycles. The summed E-state index contributed by atoms with van der Waals surface area (Å²) in [6, 6.07) is 5.83. The number of nitrogens with zero attached hydrogens (tertiary/aromatic N) is 4. The van der Waals surface area contributed by atoms with Crippen molar-refractivity contribution in [3.63, 3.8) is 0 Å². The normalized spacial score (nSPS) is 23.9. The van der Waals surface area contributed by atoms with E-state index in [-0.39, 0.29) is 17.6 Å². The highest BCUT2D eigenvalue weighted by atomic mass is 16.5. The molecule has 8 heteroatoms. The van der Waals surface area contributed by atoms with Gasteiger partial charge in [0, 0.05) is 44.7 Å². The van der Waals surface area contributed by atoms with Crippen LogP contribution in [0.2, 0.25) is 0 Å². The van der Waals surface area contributed by atoms with Gasteiger partial charge in [0.05, 0.1) is 24.4 Å². The highest BCUT2D eigenvalue weighted by molar-refractivity contribution is 6.04. The summed E-state index contributed by atoms with van der Waals surface area (Å²) in [5.74, 6) is 2.31. The van der Waals surface area contributed by atoms with Crippen LogP contribution in [0.3, 0.4) is 0 Å². The summed E-state index contributed by atoms with van der Waals surface area (Å²) in [5, 5.41) is 3.29. The van der Waals surface area contributed by atoms with Crippen LogP contribution < -0.4 is 10.1 Å². The van der Waals surface area contributed by atoms with Gasteiger partial charge >= 0.3 is 0 Å². The van der Waals surface area contributed by atoms with E-state index < -0.39 is 0 Å². The minimum atomic E-state index is -0.128. The van der Waals surface area contributed by atoms with Crippen molar-refractivity contribution >= 4 is 23.2 Å². The fourth-order valence-corrected chi connectivity index (χ4v) is 5.98. The minimum Gasteiger partial charge on any atom is -0.495 e. The Morgan fingerprint density at radius 1 is 1.18 bits per heavy atom. The first kappa shape index (κ1) is 27.9. The third kappa shape index (κ3) is 6.12. The van der Waals surface area contributed by atoms with Crippen molar-refractivity contribution in [3.05, 3.63) is 47.9 Å². The quantitative estimate of drug-likeness (QED) is 0.497. The van der Waals surface area contributed by atoms with Gasteiger partial charge in [-0.3, -0.25) is 9.59 Å². The maximum absolute atomic E-state index is 13.1. The van der Waals surface area contributed by atoms with E-state index in [4.69, 9.17) is 9.73 Å². The monoisotopic (exact) mass is 521 g/mol. The Morgan fingerprint density at radius 3 is 2.53 bits per heavy atom. The first-order valence-corrected chi connectivity index (χ1v) is 13.9. The Kier molecular flexibility index (Phi) is 8.92. The van der Waals surface area contributed by atoms with Gasteiger partial charge in [-0.15, -0.1) is 0 Å². The first-order valence-electron chi connectivity index (χ1n) is 13.9. The molecule has 0 aromatic heterocycles. The van der Waals surface area contributed by atoms with Gasteiger partial charge in [-0.25, -0.2) is 4.99 Å². The predicted octanol–water partition coefficient (Wildman–Crippen LogP) is 4.76. The van der Waals surface area contributed by atoms with Gasteiger partial charge in [0.25, 0.3) is 0 Å². The van der Waals surface area contributed by atoms with E-state index in [1.165, 1.54) is 19.3 Å². The molecule has 1 saturated carbocycles. The molecule has 1 N–H and O–H groups in total. The van der Waals surface area contributed by atoms with E-state index in [1.54, 1.807) is 18.1 Å². The van der Waals surface area contributed by atoms with Gasteiger partial charge in [-0.1, -0.05) is 38.8 Å². The lowest BCUT2D eigenvalue weighted by Crippen LogP contribution is -2.44. The maximum atomic E-state index is 13.1. The Hall–Kier alpha value is -3.13. The molecule has 2 heterocycles. The van der Waals surface area contributed by atoms with Crippen LogP contribution in [-0.2, 0) is 4.79 Å².